The molecule has 0 aliphatic rings. The summed E-state index contributed by atoms with van der Waals surface area (Å²) in [7, 11) is 4.03. The largest absolute Gasteiger partial charge is 0.467 e. The zero-order valence-electron chi connectivity index (χ0n) is 16.5. The number of H-pyrrole nitrogens is 1. The van der Waals surface area contributed by atoms with Gasteiger partial charge in [0.2, 0.25) is 0 Å². The second-order valence-corrected chi connectivity index (χ2v) is 7.56. The van der Waals surface area contributed by atoms with Gasteiger partial charge in [-0.25, -0.2) is 0 Å². The van der Waals surface area contributed by atoms with Gasteiger partial charge in [-0.15, -0.1) is 0 Å². The van der Waals surface area contributed by atoms with Gasteiger partial charge in [0, 0.05) is 24.2 Å². The first kappa shape index (κ1) is 20.1. The van der Waals surface area contributed by atoms with Gasteiger partial charge in [0.1, 0.15) is 5.76 Å². The first-order valence-corrected chi connectivity index (χ1v) is 9.65. The van der Waals surface area contributed by atoms with Crippen LogP contribution in [0.5, 0.6) is 0 Å². The van der Waals surface area contributed by atoms with Crippen LogP contribution in [0.1, 0.15) is 16.9 Å². The van der Waals surface area contributed by atoms with E-state index in [2.05, 4.69) is 15.2 Å². The van der Waals surface area contributed by atoms with Gasteiger partial charge in [-0.2, -0.15) is 0 Å². The first-order chi connectivity index (χ1) is 13.4. The lowest BCUT2D eigenvalue weighted by Crippen LogP contribution is -2.43. The molecule has 3 aromatic rings. The molecule has 0 aliphatic heterocycles. The minimum atomic E-state index is -0.0817. The van der Waals surface area contributed by atoms with Crippen molar-refractivity contribution in [1.29, 1.82) is 0 Å². The molecule has 0 amide bonds. The predicted octanol–water partition coefficient (Wildman–Crippen LogP) is 2.87. The van der Waals surface area contributed by atoms with E-state index in [0.717, 1.165) is 28.8 Å². The Balaban J connectivity index is 1.78. The molecule has 1 aromatic carbocycles. The fraction of sp³-hybridized carbons (Fsp3) is 0.333. The van der Waals surface area contributed by atoms with Crippen LogP contribution >= 0.6 is 12.2 Å². The molecule has 7 heteroatoms. The molecule has 0 radical (unpaired) electrons. The smallest absolute Gasteiger partial charge is 0.253 e. The Bertz CT molecular complexity index is 995. The third-order valence-electron chi connectivity index (χ3n) is 4.54. The molecule has 0 bridgehead atoms. The van der Waals surface area contributed by atoms with Gasteiger partial charge < -0.3 is 24.5 Å². The first-order valence-electron chi connectivity index (χ1n) is 9.25. The van der Waals surface area contributed by atoms with E-state index in [-0.39, 0.29) is 5.56 Å². The molecular weight excluding hydrogens is 372 g/mol. The molecule has 3 rings (SSSR count). The summed E-state index contributed by atoms with van der Waals surface area (Å²) in [6.07, 6.45) is 1.64. The number of thiocarbonyl (C=S) groups is 1. The average molecular weight is 399 g/mol. The number of benzene rings is 1. The summed E-state index contributed by atoms with van der Waals surface area (Å²) in [4.78, 5) is 19.7. The fourth-order valence-corrected chi connectivity index (χ4v) is 3.17. The summed E-state index contributed by atoms with van der Waals surface area (Å²) in [5.41, 5.74) is 2.58. The van der Waals surface area contributed by atoms with Crippen LogP contribution in [0.4, 0.5) is 0 Å². The zero-order chi connectivity index (χ0) is 20.1. The molecule has 2 aromatic heterocycles. The Morgan fingerprint density at radius 3 is 2.75 bits per heavy atom. The second-order valence-electron chi connectivity index (χ2n) is 7.18. The number of nitrogens with zero attached hydrogens (tertiary/aromatic N) is 2. The number of aromatic nitrogens is 1. The van der Waals surface area contributed by atoms with Crippen molar-refractivity contribution in [2.45, 2.75) is 20.0 Å². The van der Waals surface area contributed by atoms with Gasteiger partial charge in [-0.1, -0.05) is 12.1 Å². The summed E-state index contributed by atoms with van der Waals surface area (Å²) < 4.78 is 5.35. The Morgan fingerprint density at radius 1 is 1.21 bits per heavy atom. The van der Waals surface area contributed by atoms with E-state index in [1.165, 1.54) is 0 Å². The lowest BCUT2D eigenvalue weighted by atomic mass is 10.1. The Hall–Kier alpha value is -2.64. The molecule has 0 fully saturated rings. The van der Waals surface area contributed by atoms with Crippen molar-refractivity contribution in [3.8, 4) is 0 Å². The molecule has 0 atom stereocenters. The molecular formula is C21H26N4O2S. The SMILES string of the molecule is Cc1ccc2cc(CN(CCN(C)C)C(=S)NCc3ccco3)c(=O)[nH]c2c1. The molecule has 2 heterocycles. The lowest BCUT2D eigenvalue weighted by molar-refractivity contribution is 0.321. The summed E-state index contributed by atoms with van der Waals surface area (Å²) in [5.74, 6) is 0.814. The summed E-state index contributed by atoms with van der Waals surface area (Å²) in [5, 5.41) is 4.84. The van der Waals surface area contributed by atoms with Crippen molar-refractivity contribution in [3.63, 3.8) is 0 Å². The van der Waals surface area contributed by atoms with Gasteiger partial charge in [0.15, 0.2) is 5.11 Å². The number of aromatic amines is 1. The minimum Gasteiger partial charge on any atom is -0.467 e. The number of likely N-dealkylation sites (N-methyl/N-ethyl adjacent to an activating group) is 1. The van der Waals surface area contributed by atoms with E-state index in [9.17, 15) is 4.79 Å². The molecule has 0 saturated carbocycles. The van der Waals surface area contributed by atoms with Crippen LogP contribution in [0.15, 0.2) is 51.9 Å². The van der Waals surface area contributed by atoms with E-state index < -0.39 is 0 Å². The van der Waals surface area contributed by atoms with Gasteiger partial charge >= 0.3 is 0 Å². The topological polar surface area (TPSA) is 64.5 Å². The number of aryl methyl sites for hydroxylation is 1. The monoisotopic (exact) mass is 398 g/mol. The molecule has 28 heavy (non-hydrogen) atoms. The normalized spacial score (nSPS) is 11.1. The third kappa shape index (κ3) is 5.21. The standard InChI is InChI=1S/C21H26N4O2S/c1-15-6-7-16-12-17(20(26)23-19(16)11-15)14-25(9-8-24(2)3)21(28)22-13-18-5-4-10-27-18/h4-7,10-12H,8-9,13-14H2,1-3H3,(H,22,28)(H,23,26). The Labute approximate surface area is 170 Å². The highest BCUT2D eigenvalue weighted by molar-refractivity contribution is 7.80. The molecule has 6 nitrogen and oxygen atoms in total. The highest BCUT2D eigenvalue weighted by atomic mass is 32.1. The number of pyridine rings is 1. The maximum Gasteiger partial charge on any atom is 0.253 e. The van der Waals surface area contributed by atoms with Crippen LogP contribution in [0.2, 0.25) is 0 Å². The van der Waals surface area contributed by atoms with Gasteiger partial charge in [-0.3, -0.25) is 4.79 Å². The highest BCUT2D eigenvalue weighted by Crippen LogP contribution is 2.14. The number of furan rings is 1. The summed E-state index contributed by atoms with van der Waals surface area (Å²) >= 11 is 5.60. The van der Waals surface area contributed by atoms with Crippen molar-refractivity contribution < 1.29 is 4.42 Å². The number of hydrogen-bond donors (Lipinski definition) is 2. The van der Waals surface area contributed by atoms with Crippen LogP contribution in [-0.4, -0.2) is 47.1 Å². The zero-order valence-corrected chi connectivity index (χ0v) is 17.3. The van der Waals surface area contributed by atoms with Gasteiger partial charge in [-0.05, 0) is 68.5 Å². The van der Waals surface area contributed by atoms with E-state index in [4.69, 9.17) is 16.6 Å². The van der Waals surface area contributed by atoms with Crippen LogP contribution in [0.3, 0.4) is 0 Å². The van der Waals surface area contributed by atoms with Gasteiger partial charge in [0.25, 0.3) is 5.56 Å². The molecule has 148 valence electrons. The lowest BCUT2D eigenvalue weighted by Gasteiger charge is -2.27. The number of hydrogen-bond acceptors (Lipinski definition) is 4. The number of fused-ring (bicyclic) bond motifs is 1. The van der Waals surface area contributed by atoms with Crippen molar-refractivity contribution in [3.05, 3.63) is 69.9 Å². The van der Waals surface area contributed by atoms with E-state index in [0.29, 0.717) is 30.3 Å². The maximum atomic E-state index is 12.6. The van der Waals surface area contributed by atoms with Gasteiger partial charge in [0.05, 0.1) is 19.4 Å². The highest BCUT2D eigenvalue weighted by Gasteiger charge is 2.14. The van der Waals surface area contributed by atoms with Crippen molar-refractivity contribution >= 4 is 28.2 Å². The van der Waals surface area contributed by atoms with Crippen molar-refractivity contribution in [2.75, 3.05) is 27.2 Å². The van der Waals surface area contributed by atoms with Crippen molar-refractivity contribution in [2.24, 2.45) is 0 Å². The second kappa shape index (κ2) is 9.03. The molecule has 0 saturated heterocycles. The Kier molecular flexibility index (Phi) is 6.49. The van der Waals surface area contributed by atoms with Crippen LogP contribution < -0.4 is 10.9 Å². The van der Waals surface area contributed by atoms with Crippen molar-refractivity contribution in [1.82, 2.24) is 20.1 Å². The fourth-order valence-electron chi connectivity index (χ4n) is 2.94. The van der Waals surface area contributed by atoms with Crippen LogP contribution in [0, 0.1) is 6.92 Å². The number of rotatable bonds is 7. The maximum absolute atomic E-state index is 12.6. The molecule has 0 aliphatic carbocycles. The predicted molar refractivity (Wildman–Crippen MR) is 116 cm³/mol. The van der Waals surface area contributed by atoms with Crippen LogP contribution in [0.25, 0.3) is 10.9 Å². The number of nitrogens with one attached hydrogen (secondary N) is 2. The quantitative estimate of drug-likeness (QED) is 0.597. The van der Waals surface area contributed by atoms with E-state index in [1.807, 2.05) is 62.3 Å². The summed E-state index contributed by atoms with van der Waals surface area (Å²) in [6, 6.07) is 11.8. The third-order valence-corrected chi connectivity index (χ3v) is 4.94. The van der Waals surface area contributed by atoms with E-state index >= 15 is 0 Å². The minimum absolute atomic E-state index is 0.0817. The molecule has 0 spiro atoms. The van der Waals surface area contributed by atoms with Crippen LogP contribution in [-0.2, 0) is 13.1 Å². The Morgan fingerprint density at radius 2 is 2.04 bits per heavy atom. The van der Waals surface area contributed by atoms with E-state index in [1.54, 1.807) is 6.26 Å². The average Bonchev–Trinajstić information content (AvgIpc) is 3.17. The summed E-state index contributed by atoms with van der Waals surface area (Å²) in [6.45, 7) is 4.50. The molecule has 0 unspecified atom stereocenters. The molecule has 2 N–H and O–H groups in total.